The van der Waals surface area contributed by atoms with Crippen LogP contribution >= 0.6 is 11.8 Å². The first-order valence-electron chi connectivity index (χ1n) is 7.33. The van der Waals surface area contributed by atoms with E-state index in [-0.39, 0.29) is 5.75 Å². The van der Waals surface area contributed by atoms with Crippen LogP contribution in [0.3, 0.4) is 0 Å². The van der Waals surface area contributed by atoms with Crippen molar-refractivity contribution in [1.29, 1.82) is 0 Å². The molecule has 0 saturated carbocycles. The van der Waals surface area contributed by atoms with Crippen molar-refractivity contribution in [3.05, 3.63) is 18.5 Å². The molecule has 0 aromatic carbocycles. The van der Waals surface area contributed by atoms with Gasteiger partial charge >= 0.3 is 0 Å². The van der Waals surface area contributed by atoms with Gasteiger partial charge in [0.1, 0.15) is 5.37 Å². The summed E-state index contributed by atoms with van der Waals surface area (Å²) in [5.41, 5.74) is 1.83. The van der Waals surface area contributed by atoms with Crippen LogP contribution in [-0.2, 0) is 9.84 Å². The lowest BCUT2D eigenvalue weighted by molar-refractivity contribution is 0.579. The molecule has 1 fully saturated rings. The van der Waals surface area contributed by atoms with E-state index in [0.29, 0.717) is 5.75 Å². The predicted molar refractivity (Wildman–Crippen MR) is 90.9 cm³/mol. The van der Waals surface area contributed by atoms with Crippen LogP contribution in [0.25, 0.3) is 0 Å². The molecule has 1 aliphatic rings. The average molecular weight is 329 g/mol. The molecule has 0 bridgehead atoms. The number of pyridine rings is 1. The molecular formula is C14H23N3O2S2. The molecule has 0 aliphatic carbocycles. The highest BCUT2D eigenvalue weighted by molar-refractivity contribution is 8.01. The van der Waals surface area contributed by atoms with Crippen molar-refractivity contribution in [1.82, 2.24) is 4.98 Å². The van der Waals surface area contributed by atoms with E-state index in [1.807, 2.05) is 11.0 Å². The summed E-state index contributed by atoms with van der Waals surface area (Å²) in [4.78, 5) is 6.23. The maximum atomic E-state index is 12.3. The largest absolute Gasteiger partial charge is 0.384 e. The minimum atomic E-state index is -3.09. The second-order valence-electron chi connectivity index (χ2n) is 5.03. The van der Waals surface area contributed by atoms with E-state index in [0.717, 1.165) is 36.6 Å². The molecule has 1 saturated heterocycles. The van der Waals surface area contributed by atoms with Gasteiger partial charge in [-0.1, -0.05) is 13.8 Å². The van der Waals surface area contributed by atoms with Crippen LogP contribution in [0.2, 0.25) is 0 Å². The summed E-state index contributed by atoms with van der Waals surface area (Å²) in [6, 6.07) is 2.00. The van der Waals surface area contributed by atoms with Gasteiger partial charge in [0.05, 0.1) is 23.8 Å². The number of thioether (sulfide) groups is 1. The van der Waals surface area contributed by atoms with Gasteiger partial charge < -0.3 is 10.2 Å². The van der Waals surface area contributed by atoms with Crippen molar-refractivity contribution < 1.29 is 8.42 Å². The Morgan fingerprint density at radius 3 is 2.95 bits per heavy atom. The molecule has 1 aromatic rings. The van der Waals surface area contributed by atoms with Gasteiger partial charge in [0.25, 0.3) is 0 Å². The SMILES string of the molecule is CCCNc1cncc(N2CCSCC2S(=O)(=O)CC)c1. The Bertz CT molecular complexity index is 563. The first-order valence-corrected chi connectivity index (χ1v) is 10.2. The molecule has 1 aromatic heterocycles. The van der Waals surface area contributed by atoms with Crippen LogP contribution in [0.1, 0.15) is 20.3 Å². The Kier molecular flexibility index (Phi) is 5.75. The fourth-order valence-electron chi connectivity index (χ4n) is 2.32. The number of anilines is 2. The Morgan fingerprint density at radius 2 is 2.24 bits per heavy atom. The van der Waals surface area contributed by atoms with E-state index >= 15 is 0 Å². The van der Waals surface area contributed by atoms with E-state index in [1.165, 1.54) is 0 Å². The maximum Gasteiger partial charge on any atom is 0.171 e. The van der Waals surface area contributed by atoms with Crippen LogP contribution in [0, 0.1) is 0 Å². The fraction of sp³-hybridized carbons (Fsp3) is 0.643. The quantitative estimate of drug-likeness (QED) is 0.863. The molecular weight excluding hydrogens is 306 g/mol. The summed E-state index contributed by atoms with van der Waals surface area (Å²) >= 11 is 1.70. The number of rotatable bonds is 6. The summed E-state index contributed by atoms with van der Waals surface area (Å²) in [6.45, 7) is 5.45. The summed E-state index contributed by atoms with van der Waals surface area (Å²) < 4.78 is 24.6. The molecule has 5 nitrogen and oxygen atoms in total. The van der Waals surface area contributed by atoms with E-state index in [2.05, 4.69) is 17.2 Å². The fourth-order valence-corrected chi connectivity index (χ4v) is 5.31. The van der Waals surface area contributed by atoms with Gasteiger partial charge in [0.15, 0.2) is 9.84 Å². The molecule has 2 heterocycles. The van der Waals surface area contributed by atoms with Gasteiger partial charge in [0.2, 0.25) is 0 Å². The monoisotopic (exact) mass is 329 g/mol. The second kappa shape index (κ2) is 7.35. The lowest BCUT2D eigenvalue weighted by Crippen LogP contribution is -2.48. The number of hydrogen-bond acceptors (Lipinski definition) is 6. The minimum absolute atomic E-state index is 0.177. The zero-order valence-electron chi connectivity index (χ0n) is 12.6. The normalized spacial score (nSPS) is 19.5. The van der Waals surface area contributed by atoms with Gasteiger partial charge in [-0.2, -0.15) is 11.8 Å². The lowest BCUT2D eigenvalue weighted by atomic mass is 10.3. The first kappa shape index (κ1) is 16.4. The Labute approximate surface area is 131 Å². The molecule has 1 N–H and O–H groups in total. The van der Waals surface area contributed by atoms with Crippen molar-refractivity contribution in [2.45, 2.75) is 25.6 Å². The smallest absolute Gasteiger partial charge is 0.171 e. The lowest BCUT2D eigenvalue weighted by Gasteiger charge is -2.36. The molecule has 1 unspecified atom stereocenters. The number of aromatic nitrogens is 1. The van der Waals surface area contributed by atoms with Crippen molar-refractivity contribution in [3.63, 3.8) is 0 Å². The zero-order valence-corrected chi connectivity index (χ0v) is 14.2. The Hall–Kier alpha value is -0.950. The van der Waals surface area contributed by atoms with Crippen LogP contribution in [-0.4, -0.2) is 49.1 Å². The molecule has 21 heavy (non-hydrogen) atoms. The third kappa shape index (κ3) is 4.03. The molecule has 118 valence electrons. The zero-order chi connectivity index (χ0) is 15.3. The first-order chi connectivity index (χ1) is 10.1. The number of nitrogens with one attached hydrogen (secondary N) is 1. The summed E-state index contributed by atoms with van der Waals surface area (Å²) in [5, 5.41) is 2.86. The Morgan fingerprint density at radius 1 is 1.43 bits per heavy atom. The second-order valence-corrected chi connectivity index (χ2v) is 8.63. The standard InChI is InChI=1S/C14H23N3O2S2/c1-3-5-16-12-8-13(10-15-9-12)17-6-7-20-11-14(17)21(18,19)4-2/h8-10,14,16H,3-7,11H2,1-2H3. The van der Waals surface area contributed by atoms with Gasteiger partial charge in [-0.15, -0.1) is 0 Å². The highest BCUT2D eigenvalue weighted by atomic mass is 32.2. The van der Waals surface area contributed by atoms with Gasteiger partial charge in [0, 0.05) is 30.3 Å². The van der Waals surface area contributed by atoms with E-state index in [4.69, 9.17) is 0 Å². The third-order valence-electron chi connectivity index (χ3n) is 3.54. The number of nitrogens with zero attached hydrogens (tertiary/aromatic N) is 2. The van der Waals surface area contributed by atoms with Crippen molar-refractivity contribution in [3.8, 4) is 0 Å². The predicted octanol–water partition coefficient (Wildman–Crippen LogP) is 2.22. The van der Waals surface area contributed by atoms with Gasteiger partial charge in [-0.05, 0) is 12.5 Å². The van der Waals surface area contributed by atoms with Gasteiger partial charge in [-0.25, -0.2) is 8.42 Å². The van der Waals surface area contributed by atoms with Crippen molar-refractivity contribution in [2.75, 3.05) is 40.6 Å². The molecule has 2 rings (SSSR count). The summed E-state index contributed by atoms with van der Waals surface area (Å²) in [5.74, 6) is 1.75. The maximum absolute atomic E-state index is 12.3. The van der Waals surface area contributed by atoms with E-state index in [9.17, 15) is 8.42 Å². The third-order valence-corrected chi connectivity index (χ3v) is 6.82. The Balaban J connectivity index is 2.25. The summed E-state index contributed by atoms with van der Waals surface area (Å²) in [6.07, 6.45) is 4.57. The van der Waals surface area contributed by atoms with Crippen molar-refractivity contribution in [2.24, 2.45) is 0 Å². The molecule has 1 atom stereocenters. The van der Waals surface area contributed by atoms with Crippen LogP contribution in [0.5, 0.6) is 0 Å². The van der Waals surface area contributed by atoms with Crippen LogP contribution < -0.4 is 10.2 Å². The average Bonchev–Trinajstić information content (AvgIpc) is 2.53. The van der Waals surface area contributed by atoms with E-state index < -0.39 is 15.2 Å². The van der Waals surface area contributed by atoms with E-state index in [1.54, 1.807) is 31.1 Å². The molecule has 0 amide bonds. The highest BCUT2D eigenvalue weighted by Crippen LogP contribution is 2.28. The van der Waals surface area contributed by atoms with Crippen LogP contribution in [0.4, 0.5) is 11.4 Å². The van der Waals surface area contributed by atoms with Gasteiger partial charge in [-0.3, -0.25) is 4.98 Å². The molecule has 1 aliphatic heterocycles. The van der Waals surface area contributed by atoms with Crippen molar-refractivity contribution >= 4 is 33.0 Å². The number of hydrogen-bond donors (Lipinski definition) is 1. The molecule has 7 heteroatoms. The minimum Gasteiger partial charge on any atom is -0.384 e. The van der Waals surface area contributed by atoms with Crippen LogP contribution in [0.15, 0.2) is 18.5 Å². The number of sulfone groups is 1. The topological polar surface area (TPSA) is 62.3 Å². The molecule has 0 radical (unpaired) electrons. The highest BCUT2D eigenvalue weighted by Gasteiger charge is 2.33. The summed E-state index contributed by atoms with van der Waals surface area (Å²) in [7, 11) is -3.09. The molecule has 0 spiro atoms.